The maximum atomic E-state index is 13.2. The largest absolute Gasteiger partial charge is 0.495 e. The van der Waals surface area contributed by atoms with Crippen molar-refractivity contribution in [3.63, 3.8) is 0 Å². The van der Waals surface area contributed by atoms with Gasteiger partial charge in [-0.25, -0.2) is 4.98 Å². The Balaban J connectivity index is 1.27. The van der Waals surface area contributed by atoms with Crippen molar-refractivity contribution in [1.82, 2.24) is 19.7 Å². The molecule has 0 atom stereocenters. The lowest BCUT2D eigenvalue weighted by molar-refractivity contribution is -0.130. The zero-order valence-electron chi connectivity index (χ0n) is 19.7. The third kappa shape index (κ3) is 4.59. The van der Waals surface area contributed by atoms with Gasteiger partial charge in [-0.2, -0.15) is 4.68 Å². The summed E-state index contributed by atoms with van der Waals surface area (Å²) in [7, 11) is 1.67. The fraction of sp³-hybridized carbons (Fsp3) is 0.269. The molecule has 9 heteroatoms. The second-order valence-electron chi connectivity index (χ2n) is 8.45. The van der Waals surface area contributed by atoms with E-state index in [2.05, 4.69) is 15.0 Å². The molecule has 2 aromatic heterocycles. The maximum Gasteiger partial charge on any atom is 0.277 e. The summed E-state index contributed by atoms with van der Waals surface area (Å²) in [5, 5.41) is 5.59. The number of carbonyl (C=O) groups is 1. The quantitative estimate of drug-likeness (QED) is 0.448. The molecule has 2 aromatic carbocycles. The first-order valence-electron chi connectivity index (χ1n) is 11.5. The van der Waals surface area contributed by atoms with Gasteiger partial charge in [0.05, 0.1) is 24.9 Å². The number of aromatic amines is 1. The van der Waals surface area contributed by atoms with E-state index in [9.17, 15) is 9.59 Å². The van der Waals surface area contributed by atoms with Gasteiger partial charge in [-0.15, -0.1) is 11.3 Å². The van der Waals surface area contributed by atoms with Gasteiger partial charge in [0.25, 0.3) is 5.56 Å². The lowest BCUT2D eigenvalue weighted by Crippen LogP contribution is -2.49. The van der Waals surface area contributed by atoms with Crippen molar-refractivity contribution in [2.45, 2.75) is 13.3 Å². The number of ether oxygens (including phenoxy) is 1. The SMILES string of the molecule is COc1ccccc1N1CCN(C(=O)Cc2c(C)[nH]n(-c3nc(-c4ccccc4)cs3)c2=O)CC1. The molecule has 0 spiro atoms. The summed E-state index contributed by atoms with van der Waals surface area (Å²) in [6, 6.07) is 17.7. The molecule has 0 radical (unpaired) electrons. The van der Waals surface area contributed by atoms with Gasteiger partial charge in [0.1, 0.15) is 5.75 Å². The van der Waals surface area contributed by atoms with Crippen LogP contribution in [0.3, 0.4) is 0 Å². The molecule has 1 saturated heterocycles. The molecular formula is C26H27N5O3S. The second kappa shape index (κ2) is 9.79. The second-order valence-corrected chi connectivity index (χ2v) is 9.29. The van der Waals surface area contributed by atoms with E-state index in [-0.39, 0.29) is 17.9 Å². The molecule has 0 unspecified atom stereocenters. The Labute approximate surface area is 207 Å². The molecule has 1 fully saturated rings. The third-order valence-corrected chi connectivity index (χ3v) is 7.16. The summed E-state index contributed by atoms with van der Waals surface area (Å²) in [5.41, 5.74) is 3.79. The molecule has 0 aliphatic carbocycles. The van der Waals surface area contributed by atoms with Crippen LogP contribution >= 0.6 is 11.3 Å². The Kier molecular flexibility index (Phi) is 6.41. The van der Waals surface area contributed by atoms with Crippen molar-refractivity contribution >= 4 is 22.9 Å². The topological polar surface area (TPSA) is 83.5 Å². The predicted octanol–water partition coefficient (Wildman–Crippen LogP) is 3.50. The van der Waals surface area contributed by atoms with Crippen molar-refractivity contribution in [3.8, 4) is 22.1 Å². The number of H-pyrrole nitrogens is 1. The summed E-state index contributed by atoms with van der Waals surface area (Å²) in [5.74, 6) is 0.786. The average molecular weight is 490 g/mol. The highest BCUT2D eigenvalue weighted by atomic mass is 32.1. The van der Waals surface area contributed by atoms with Crippen LogP contribution in [0.15, 0.2) is 64.8 Å². The number of thiazole rings is 1. The molecule has 0 bridgehead atoms. The first-order chi connectivity index (χ1) is 17.0. The highest BCUT2D eigenvalue weighted by molar-refractivity contribution is 7.12. The van der Waals surface area contributed by atoms with Gasteiger partial charge in [0.2, 0.25) is 11.0 Å². The van der Waals surface area contributed by atoms with Crippen LogP contribution in [0.2, 0.25) is 0 Å². The predicted molar refractivity (Wildman–Crippen MR) is 138 cm³/mol. The summed E-state index contributed by atoms with van der Waals surface area (Å²) in [6.07, 6.45) is 0.0692. The highest BCUT2D eigenvalue weighted by Crippen LogP contribution is 2.28. The monoisotopic (exact) mass is 489 g/mol. The van der Waals surface area contributed by atoms with Crippen molar-refractivity contribution in [3.05, 3.63) is 81.6 Å². The number of rotatable bonds is 6. The Morgan fingerprint density at radius 1 is 1.06 bits per heavy atom. The minimum atomic E-state index is -0.225. The number of benzene rings is 2. The normalized spacial score (nSPS) is 13.8. The Hall–Kier alpha value is -3.85. The lowest BCUT2D eigenvalue weighted by atomic mass is 10.1. The number of carbonyl (C=O) groups excluding carboxylic acids is 1. The summed E-state index contributed by atoms with van der Waals surface area (Å²) in [6.45, 7) is 4.45. The Bertz CT molecular complexity index is 1380. The van der Waals surface area contributed by atoms with Gasteiger partial charge in [0, 0.05) is 48.4 Å². The Morgan fingerprint density at radius 2 is 1.77 bits per heavy atom. The molecule has 1 aliphatic rings. The third-order valence-electron chi connectivity index (χ3n) is 6.33. The van der Waals surface area contributed by atoms with Crippen LogP contribution in [0.4, 0.5) is 5.69 Å². The number of aryl methyl sites for hydroxylation is 1. The Morgan fingerprint density at radius 3 is 2.51 bits per heavy atom. The highest BCUT2D eigenvalue weighted by Gasteiger charge is 2.25. The zero-order chi connectivity index (χ0) is 24.4. The van der Waals surface area contributed by atoms with Gasteiger partial charge in [0.15, 0.2) is 0 Å². The molecule has 5 rings (SSSR count). The number of methoxy groups -OCH3 is 1. The molecule has 35 heavy (non-hydrogen) atoms. The number of anilines is 1. The van der Waals surface area contributed by atoms with Crippen LogP contribution in [-0.4, -0.2) is 58.9 Å². The van der Waals surface area contributed by atoms with E-state index in [1.165, 1.54) is 16.0 Å². The van der Waals surface area contributed by atoms with Crippen LogP contribution in [-0.2, 0) is 11.2 Å². The van der Waals surface area contributed by atoms with E-state index in [0.29, 0.717) is 42.6 Å². The van der Waals surface area contributed by atoms with Gasteiger partial charge in [-0.3, -0.25) is 14.7 Å². The summed E-state index contributed by atoms with van der Waals surface area (Å²) < 4.78 is 6.92. The average Bonchev–Trinajstić information content (AvgIpc) is 3.50. The molecular weight excluding hydrogens is 462 g/mol. The van der Waals surface area contributed by atoms with E-state index in [0.717, 1.165) is 22.7 Å². The molecule has 0 saturated carbocycles. The number of hydrogen-bond donors (Lipinski definition) is 1. The lowest BCUT2D eigenvalue weighted by Gasteiger charge is -2.36. The van der Waals surface area contributed by atoms with E-state index >= 15 is 0 Å². The minimum Gasteiger partial charge on any atom is -0.495 e. The van der Waals surface area contributed by atoms with Gasteiger partial charge < -0.3 is 14.5 Å². The first kappa shape index (κ1) is 22.9. The van der Waals surface area contributed by atoms with Crippen LogP contribution < -0.4 is 15.2 Å². The molecule has 180 valence electrons. The van der Waals surface area contributed by atoms with Crippen molar-refractivity contribution in [2.24, 2.45) is 0 Å². The minimum absolute atomic E-state index is 0.0415. The number of nitrogens with zero attached hydrogens (tertiary/aromatic N) is 4. The zero-order valence-corrected chi connectivity index (χ0v) is 20.5. The smallest absolute Gasteiger partial charge is 0.277 e. The number of hydrogen-bond acceptors (Lipinski definition) is 6. The maximum absolute atomic E-state index is 13.2. The summed E-state index contributed by atoms with van der Waals surface area (Å²) >= 11 is 1.39. The number of amides is 1. The fourth-order valence-electron chi connectivity index (χ4n) is 4.38. The molecule has 8 nitrogen and oxygen atoms in total. The van der Waals surface area contributed by atoms with Crippen LogP contribution in [0.5, 0.6) is 5.75 Å². The van der Waals surface area contributed by atoms with Crippen molar-refractivity contribution in [2.75, 3.05) is 38.2 Å². The van der Waals surface area contributed by atoms with Gasteiger partial charge >= 0.3 is 0 Å². The van der Waals surface area contributed by atoms with E-state index in [1.54, 1.807) is 7.11 Å². The van der Waals surface area contributed by atoms with Crippen molar-refractivity contribution in [1.29, 1.82) is 0 Å². The molecule has 1 amide bonds. The van der Waals surface area contributed by atoms with E-state index in [4.69, 9.17) is 4.74 Å². The van der Waals surface area contributed by atoms with Gasteiger partial charge in [-0.1, -0.05) is 42.5 Å². The number of aromatic nitrogens is 3. The summed E-state index contributed by atoms with van der Waals surface area (Å²) in [4.78, 5) is 34.9. The van der Waals surface area contributed by atoms with Crippen LogP contribution in [0.25, 0.3) is 16.4 Å². The van der Waals surface area contributed by atoms with Crippen molar-refractivity contribution < 1.29 is 9.53 Å². The van der Waals surface area contributed by atoms with E-state index < -0.39 is 0 Å². The standard InChI is InChI=1S/C26H27N5O3S/c1-18-20(25(33)31(28-18)26-27-21(17-35-26)19-8-4-3-5-9-19)16-24(32)30-14-12-29(13-15-30)22-10-6-7-11-23(22)34-2/h3-11,17,28H,12-16H2,1-2H3. The molecule has 1 aliphatic heterocycles. The molecule has 3 heterocycles. The van der Waals surface area contributed by atoms with Gasteiger partial charge in [-0.05, 0) is 19.1 Å². The van der Waals surface area contributed by atoms with Crippen LogP contribution in [0, 0.1) is 6.92 Å². The molecule has 1 N–H and O–H groups in total. The van der Waals surface area contributed by atoms with E-state index in [1.807, 2.05) is 71.8 Å². The number of nitrogens with one attached hydrogen (secondary N) is 1. The molecule has 4 aromatic rings. The fourth-order valence-corrected chi connectivity index (χ4v) is 5.17. The number of piperazine rings is 1. The van der Waals surface area contributed by atoms with Crippen LogP contribution in [0.1, 0.15) is 11.3 Å². The number of para-hydroxylation sites is 2. The first-order valence-corrected chi connectivity index (χ1v) is 12.4.